The highest BCUT2D eigenvalue weighted by atomic mass is 16.4. The van der Waals surface area contributed by atoms with Crippen LogP contribution in [0.15, 0.2) is 0 Å². The maximum Gasteiger partial charge on any atom is 0.304 e. The Morgan fingerprint density at radius 2 is 2.08 bits per heavy atom. The fourth-order valence-electron chi connectivity index (χ4n) is 0.876. The average Bonchev–Trinajstić information content (AvgIpc) is 1.96. The van der Waals surface area contributed by atoms with Gasteiger partial charge in [-0.05, 0) is 5.92 Å². The van der Waals surface area contributed by atoms with E-state index in [-0.39, 0.29) is 19.1 Å². The summed E-state index contributed by atoms with van der Waals surface area (Å²) < 4.78 is 0. The van der Waals surface area contributed by atoms with E-state index in [1.165, 1.54) is 0 Å². The summed E-state index contributed by atoms with van der Waals surface area (Å²) in [6, 6.07) is 0.00403. The first kappa shape index (κ1) is 11.4. The SMILES string of the molecule is CC(C)[C@@H](CO)NCCC(=O)O. The third kappa shape index (κ3) is 5.09. The molecule has 0 saturated carbocycles. The van der Waals surface area contributed by atoms with Crippen molar-refractivity contribution in [2.75, 3.05) is 13.2 Å². The first-order valence-electron chi connectivity index (χ1n) is 4.14. The van der Waals surface area contributed by atoms with Gasteiger partial charge in [0, 0.05) is 12.6 Å². The maximum atomic E-state index is 10.1. The normalized spacial score (nSPS) is 13.3. The van der Waals surface area contributed by atoms with Crippen LogP contribution in [-0.4, -0.2) is 35.4 Å². The summed E-state index contributed by atoms with van der Waals surface area (Å²) in [5.74, 6) is -0.494. The molecule has 1 atom stereocenters. The fourth-order valence-corrected chi connectivity index (χ4v) is 0.876. The molecule has 0 rings (SSSR count). The van der Waals surface area contributed by atoms with Crippen molar-refractivity contribution in [3.63, 3.8) is 0 Å². The lowest BCUT2D eigenvalue weighted by atomic mass is 10.1. The standard InChI is InChI=1S/C8H17NO3/c1-6(2)7(5-10)9-4-3-8(11)12/h6-7,9-10H,3-5H2,1-2H3,(H,11,12)/t7-/m1/s1. The molecule has 0 amide bonds. The number of nitrogens with one attached hydrogen (secondary N) is 1. The van der Waals surface area contributed by atoms with Crippen molar-refractivity contribution in [1.82, 2.24) is 5.32 Å². The Balaban J connectivity index is 3.51. The lowest BCUT2D eigenvalue weighted by Gasteiger charge is -2.19. The van der Waals surface area contributed by atoms with Gasteiger partial charge >= 0.3 is 5.97 Å². The van der Waals surface area contributed by atoms with E-state index >= 15 is 0 Å². The maximum absolute atomic E-state index is 10.1. The van der Waals surface area contributed by atoms with Crippen LogP contribution in [0.3, 0.4) is 0 Å². The molecule has 0 unspecified atom stereocenters. The van der Waals surface area contributed by atoms with Crippen LogP contribution in [0.5, 0.6) is 0 Å². The molecular formula is C8H17NO3. The van der Waals surface area contributed by atoms with E-state index in [2.05, 4.69) is 5.32 Å². The van der Waals surface area contributed by atoms with Gasteiger partial charge in [-0.3, -0.25) is 4.79 Å². The quantitative estimate of drug-likeness (QED) is 0.534. The number of rotatable bonds is 6. The first-order chi connectivity index (χ1) is 5.57. The molecule has 12 heavy (non-hydrogen) atoms. The lowest BCUT2D eigenvalue weighted by Crippen LogP contribution is -2.38. The van der Waals surface area contributed by atoms with Crippen LogP contribution >= 0.6 is 0 Å². The number of hydrogen-bond acceptors (Lipinski definition) is 3. The molecule has 4 nitrogen and oxygen atoms in total. The van der Waals surface area contributed by atoms with Gasteiger partial charge in [0.05, 0.1) is 13.0 Å². The second kappa shape index (κ2) is 5.97. The molecule has 0 aliphatic rings. The molecule has 3 N–H and O–H groups in total. The summed E-state index contributed by atoms with van der Waals surface area (Å²) >= 11 is 0. The van der Waals surface area contributed by atoms with Gasteiger partial charge < -0.3 is 15.5 Å². The zero-order valence-corrected chi connectivity index (χ0v) is 7.58. The van der Waals surface area contributed by atoms with E-state index < -0.39 is 5.97 Å². The van der Waals surface area contributed by atoms with Crippen LogP contribution in [0.2, 0.25) is 0 Å². The van der Waals surface area contributed by atoms with Gasteiger partial charge in [-0.1, -0.05) is 13.8 Å². The molecule has 0 spiro atoms. The second-order valence-corrected chi connectivity index (χ2v) is 3.13. The van der Waals surface area contributed by atoms with E-state index in [0.29, 0.717) is 12.5 Å². The smallest absolute Gasteiger partial charge is 0.304 e. The summed E-state index contributed by atoms with van der Waals surface area (Å²) in [4.78, 5) is 10.1. The number of carboxylic acid groups (broad SMARTS) is 1. The van der Waals surface area contributed by atoms with Crippen molar-refractivity contribution in [1.29, 1.82) is 0 Å². The molecule has 0 saturated heterocycles. The number of aliphatic hydroxyl groups excluding tert-OH is 1. The average molecular weight is 175 g/mol. The zero-order chi connectivity index (χ0) is 9.56. The molecule has 0 radical (unpaired) electrons. The lowest BCUT2D eigenvalue weighted by molar-refractivity contribution is -0.136. The third-order valence-electron chi connectivity index (χ3n) is 1.75. The monoisotopic (exact) mass is 175 g/mol. The predicted molar refractivity (Wildman–Crippen MR) is 46.0 cm³/mol. The molecule has 0 aromatic carbocycles. The number of aliphatic carboxylic acids is 1. The van der Waals surface area contributed by atoms with Gasteiger partial charge in [0.2, 0.25) is 0 Å². The van der Waals surface area contributed by atoms with E-state index in [1.807, 2.05) is 13.8 Å². The molecule has 0 aromatic heterocycles. The minimum atomic E-state index is -0.817. The molecule has 0 heterocycles. The van der Waals surface area contributed by atoms with Gasteiger partial charge in [0.1, 0.15) is 0 Å². The van der Waals surface area contributed by atoms with Crippen LogP contribution in [0.4, 0.5) is 0 Å². The van der Waals surface area contributed by atoms with Crippen molar-refractivity contribution < 1.29 is 15.0 Å². The predicted octanol–water partition coefficient (Wildman–Crippen LogP) is 0.0676. The highest BCUT2D eigenvalue weighted by molar-refractivity contribution is 5.66. The van der Waals surface area contributed by atoms with Crippen molar-refractivity contribution >= 4 is 5.97 Å². The number of aliphatic hydroxyl groups is 1. The Bertz CT molecular complexity index is 136. The second-order valence-electron chi connectivity index (χ2n) is 3.13. The highest BCUT2D eigenvalue weighted by Crippen LogP contribution is 1.99. The summed E-state index contributed by atoms with van der Waals surface area (Å²) in [6.07, 6.45) is 0.100. The minimum absolute atomic E-state index is 0.00403. The highest BCUT2D eigenvalue weighted by Gasteiger charge is 2.10. The molecule has 0 aliphatic heterocycles. The summed E-state index contributed by atoms with van der Waals surface area (Å²) in [7, 11) is 0. The van der Waals surface area contributed by atoms with E-state index in [4.69, 9.17) is 10.2 Å². The summed E-state index contributed by atoms with van der Waals surface area (Å²) in [6.45, 7) is 4.43. The van der Waals surface area contributed by atoms with Crippen LogP contribution in [0.1, 0.15) is 20.3 Å². The van der Waals surface area contributed by atoms with Crippen molar-refractivity contribution in [2.45, 2.75) is 26.3 Å². The molecule has 4 heteroatoms. The Morgan fingerprint density at radius 1 is 1.50 bits per heavy atom. The molecular weight excluding hydrogens is 158 g/mol. The summed E-state index contributed by atoms with van der Waals surface area (Å²) in [5.41, 5.74) is 0. The molecule has 0 aromatic rings. The van der Waals surface area contributed by atoms with Gasteiger partial charge in [0.15, 0.2) is 0 Å². The molecule has 0 aliphatic carbocycles. The third-order valence-corrected chi connectivity index (χ3v) is 1.75. The largest absolute Gasteiger partial charge is 0.481 e. The van der Waals surface area contributed by atoms with Crippen molar-refractivity contribution in [2.24, 2.45) is 5.92 Å². The Hall–Kier alpha value is -0.610. The topological polar surface area (TPSA) is 69.6 Å². The van der Waals surface area contributed by atoms with Crippen LogP contribution in [0, 0.1) is 5.92 Å². The van der Waals surface area contributed by atoms with Crippen LogP contribution in [0.25, 0.3) is 0 Å². The molecule has 0 fully saturated rings. The van der Waals surface area contributed by atoms with E-state index in [0.717, 1.165) is 0 Å². The number of carbonyl (C=O) groups is 1. The Kier molecular flexibility index (Phi) is 5.66. The fraction of sp³-hybridized carbons (Fsp3) is 0.875. The summed E-state index contributed by atoms with van der Waals surface area (Å²) in [5, 5.41) is 20.2. The van der Waals surface area contributed by atoms with Gasteiger partial charge in [-0.25, -0.2) is 0 Å². The van der Waals surface area contributed by atoms with Gasteiger partial charge in [-0.2, -0.15) is 0 Å². The van der Waals surface area contributed by atoms with Crippen molar-refractivity contribution in [3.8, 4) is 0 Å². The molecule has 72 valence electrons. The van der Waals surface area contributed by atoms with E-state index in [9.17, 15) is 4.79 Å². The van der Waals surface area contributed by atoms with Crippen LogP contribution in [-0.2, 0) is 4.79 Å². The van der Waals surface area contributed by atoms with Gasteiger partial charge in [0.25, 0.3) is 0 Å². The molecule has 0 bridgehead atoms. The van der Waals surface area contributed by atoms with E-state index in [1.54, 1.807) is 0 Å². The first-order valence-corrected chi connectivity index (χ1v) is 4.14. The number of carboxylic acids is 1. The van der Waals surface area contributed by atoms with Crippen molar-refractivity contribution in [3.05, 3.63) is 0 Å². The minimum Gasteiger partial charge on any atom is -0.481 e. The van der Waals surface area contributed by atoms with Crippen LogP contribution < -0.4 is 5.32 Å². The van der Waals surface area contributed by atoms with Gasteiger partial charge in [-0.15, -0.1) is 0 Å². The number of hydrogen-bond donors (Lipinski definition) is 3. The zero-order valence-electron chi connectivity index (χ0n) is 7.58. The Labute approximate surface area is 72.6 Å². The Morgan fingerprint density at radius 3 is 2.42 bits per heavy atom.